The van der Waals surface area contributed by atoms with Gasteiger partial charge in [0.2, 0.25) is 0 Å². The second-order valence-corrected chi connectivity index (χ2v) is 4.81. The summed E-state index contributed by atoms with van der Waals surface area (Å²) >= 11 is 0. The Labute approximate surface area is 120 Å². The molecule has 3 aromatic rings. The molecule has 108 valence electrons. The van der Waals surface area contributed by atoms with Gasteiger partial charge in [-0.3, -0.25) is 0 Å². The van der Waals surface area contributed by atoms with Crippen LogP contribution in [0, 0.1) is 6.92 Å². The molecule has 0 aliphatic carbocycles. The lowest BCUT2D eigenvalue weighted by molar-refractivity contribution is 0.151. The van der Waals surface area contributed by atoms with Crippen LogP contribution in [-0.4, -0.2) is 4.98 Å². The smallest absolute Gasteiger partial charge is 0.263 e. The van der Waals surface area contributed by atoms with E-state index >= 15 is 0 Å². The molecule has 0 saturated carbocycles. The van der Waals surface area contributed by atoms with Gasteiger partial charge in [0.1, 0.15) is 5.52 Å². The number of anilines is 1. The van der Waals surface area contributed by atoms with Gasteiger partial charge in [0.05, 0.1) is 0 Å². The highest BCUT2D eigenvalue weighted by molar-refractivity contribution is 5.77. The normalized spacial score (nSPS) is 11.2. The highest BCUT2D eigenvalue weighted by Crippen LogP contribution is 2.21. The topological polar surface area (TPSA) is 38.1 Å². The Bertz CT molecular complexity index is 751. The fraction of sp³-hybridized carbons (Fsp3) is 0.188. The van der Waals surface area contributed by atoms with Gasteiger partial charge in [-0.2, -0.15) is 0 Å². The maximum absolute atomic E-state index is 12.5. The van der Waals surface area contributed by atoms with Crippen LogP contribution in [0.15, 0.2) is 46.9 Å². The van der Waals surface area contributed by atoms with Crippen molar-refractivity contribution in [1.82, 2.24) is 4.98 Å². The van der Waals surface area contributed by atoms with Crippen molar-refractivity contribution in [3.8, 4) is 0 Å². The molecule has 1 heterocycles. The van der Waals surface area contributed by atoms with E-state index in [1.165, 1.54) is 12.1 Å². The predicted molar refractivity (Wildman–Crippen MR) is 77.5 cm³/mol. The standard InChI is InChI=1S/C16H14F2N2O/c1-10-20-14-8-13(6-7-15(14)21-10)19-9-11-2-4-12(5-3-11)16(17)18/h2-8,16,19H,9H2,1H3. The maximum Gasteiger partial charge on any atom is 0.263 e. The number of benzene rings is 2. The number of aromatic nitrogens is 1. The predicted octanol–water partition coefficient (Wildman–Crippen LogP) is 4.69. The summed E-state index contributed by atoms with van der Waals surface area (Å²) in [7, 11) is 0. The zero-order chi connectivity index (χ0) is 14.8. The average Bonchev–Trinajstić information content (AvgIpc) is 2.84. The molecule has 21 heavy (non-hydrogen) atoms. The zero-order valence-electron chi connectivity index (χ0n) is 11.4. The van der Waals surface area contributed by atoms with Crippen molar-refractivity contribution in [2.24, 2.45) is 0 Å². The molecule has 0 bridgehead atoms. The van der Waals surface area contributed by atoms with Gasteiger partial charge in [0.15, 0.2) is 11.5 Å². The molecule has 0 radical (unpaired) electrons. The zero-order valence-corrected chi connectivity index (χ0v) is 11.4. The van der Waals surface area contributed by atoms with Crippen LogP contribution in [0.5, 0.6) is 0 Å². The molecule has 0 aliphatic rings. The van der Waals surface area contributed by atoms with Gasteiger partial charge in [-0.1, -0.05) is 24.3 Å². The highest BCUT2D eigenvalue weighted by atomic mass is 19.3. The van der Waals surface area contributed by atoms with E-state index in [1.54, 1.807) is 19.1 Å². The van der Waals surface area contributed by atoms with E-state index in [9.17, 15) is 8.78 Å². The highest BCUT2D eigenvalue weighted by Gasteiger charge is 2.06. The minimum Gasteiger partial charge on any atom is -0.441 e. The third-order valence-corrected chi connectivity index (χ3v) is 3.22. The van der Waals surface area contributed by atoms with Gasteiger partial charge in [0, 0.05) is 24.7 Å². The van der Waals surface area contributed by atoms with Crippen molar-refractivity contribution < 1.29 is 13.2 Å². The van der Waals surface area contributed by atoms with Crippen LogP contribution in [0.2, 0.25) is 0 Å². The molecule has 0 saturated heterocycles. The molecular formula is C16H14F2N2O. The molecule has 5 heteroatoms. The number of fused-ring (bicyclic) bond motifs is 1. The van der Waals surface area contributed by atoms with E-state index in [0.717, 1.165) is 22.4 Å². The number of nitrogens with one attached hydrogen (secondary N) is 1. The van der Waals surface area contributed by atoms with E-state index in [1.807, 2.05) is 18.2 Å². The Morgan fingerprint density at radius 2 is 1.90 bits per heavy atom. The number of halogens is 2. The van der Waals surface area contributed by atoms with Crippen LogP contribution in [0.1, 0.15) is 23.4 Å². The van der Waals surface area contributed by atoms with Gasteiger partial charge in [-0.15, -0.1) is 0 Å². The molecule has 1 N–H and O–H groups in total. The number of nitrogens with zero attached hydrogens (tertiary/aromatic N) is 1. The van der Waals surface area contributed by atoms with Crippen molar-refractivity contribution in [1.29, 1.82) is 0 Å². The van der Waals surface area contributed by atoms with Crippen molar-refractivity contribution in [2.75, 3.05) is 5.32 Å². The first kappa shape index (κ1) is 13.5. The Balaban J connectivity index is 1.70. The summed E-state index contributed by atoms with van der Waals surface area (Å²) in [5.74, 6) is 0.629. The van der Waals surface area contributed by atoms with Gasteiger partial charge < -0.3 is 9.73 Å². The monoisotopic (exact) mass is 288 g/mol. The van der Waals surface area contributed by atoms with Crippen molar-refractivity contribution in [3.05, 3.63) is 59.5 Å². The van der Waals surface area contributed by atoms with Crippen molar-refractivity contribution in [3.63, 3.8) is 0 Å². The van der Waals surface area contributed by atoms with E-state index in [0.29, 0.717) is 12.4 Å². The lowest BCUT2D eigenvalue weighted by Crippen LogP contribution is -1.99. The second-order valence-electron chi connectivity index (χ2n) is 4.81. The summed E-state index contributed by atoms with van der Waals surface area (Å²) in [4.78, 5) is 4.27. The van der Waals surface area contributed by atoms with Crippen LogP contribution in [0.25, 0.3) is 11.1 Å². The molecule has 0 unspecified atom stereocenters. The van der Waals surface area contributed by atoms with E-state index in [2.05, 4.69) is 10.3 Å². The first-order chi connectivity index (χ1) is 10.1. The van der Waals surface area contributed by atoms with Crippen LogP contribution in [0.3, 0.4) is 0 Å². The minimum absolute atomic E-state index is 0.0400. The number of hydrogen-bond donors (Lipinski definition) is 1. The fourth-order valence-corrected chi connectivity index (χ4v) is 2.14. The summed E-state index contributed by atoms with van der Waals surface area (Å²) in [6.07, 6.45) is -2.43. The van der Waals surface area contributed by atoms with E-state index < -0.39 is 6.43 Å². The third kappa shape index (κ3) is 3.02. The lowest BCUT2D eigenvalue weighted by atomic mass is 10.1. The van der Waals surface area contributed by atoms with Crippen LogP contribution in [-0.2, 0) is 6.54 Å². The number of rotatable bonds is 4. The first-order valence-electron chi connectivity index (χ1n) is 6.60. The Hall–Kier alpha value is -2.43. The summed E-state index contributed by atoms with van der Waals surface area (Å²) in [5.41, 5.74) is 3.44. The first-order valence-corrected chi connectivity index (χ1v) is 6.60. The number of alkyl halides is 2. The molecule has 1 aromatic heterocycles. The molecule has 0 fully saturated rings. The molecule has 3 rings (SSSR count). The third-order valence-electron chi connectivity index (χ3n) is 3.22. The SMILES string of the molecule is Cc1nc2cc(NCc3ccc(C(F)F)cc3)ccc2o1. The Kier molecular flexibility index (Phi) is 3.56. The summed E-state index contributed by atoms with van der Waals surface area (Å²) in [6, 6.07) is 12.0. The van der Waals surface area contributed by atoms with Crippen molar-refractivity contribution >= 4 is 16.8 Å². The quantitative estimate of drug-likeness (QED) is 0.757. The molecule has 3 nitrogen and oxygen atoms in total. The largest absolute Gasteiger partial charge is 0.441 e. The fourth-order valence-electron chi connectivity index (χ4n) is 2.14. The average molecular weight is 288 g/mol. The van der Waals surface area contributed by atoms with Crippen molar-refractivity contribution in [2.45, 2.75) is 19.9 Å². The van der Waals surface area contributed by atoms with Gasteiger partial charge in [-0.25, -0.2) is 13.8 Å². The minimum atomic E-state index is -2.43. The molecular weight excluding hydrogens is 274 g/mol. The summed E-state index contributed by atoms with van der Waals surface area (Å²) in [6.45, 7) is 2.36. The van der Waals surface area contributed by atoms with Crippen LogP contribution in [0.4, 0.5) is 14.5 Å². The van der Waals surface area contributed by atoms with Crippen LogP contribution >= 0.6 is 0 Å². The Morgan fingerprint density at radius 3 is 2.62 bits per heavy atom. The molecule has 2 aromatic carbocycles. The number of aryl methyl sites for hydroxylation is 1. The molecule has 0 aliphatic heterocycles. The number of oxazole rings is 1. The summed E-state index contributed by atoms with van der Waals surface area (Å²) in [5, 5.41) is 3.24. The Morgan fingerprint density at radius 1 is 1.14 bits per heavy atom. The van der Waals surface area contributed by atoms with E-state index in [-0.39, 0.29) is 5.56 Å². The van der Waals surface area contributed by atoms with Gasteiger partial charge in [-0.05, 0) is 23.8 Å². The number of hydrogen-bond acceptors (Lipinski definition) is 3. The maximum atomic E-state index is 12.5. The molecule has 0 atom stereocenters. The van der Waals surface area contributed by atoms with E-state index in [4.69, 9.17) is 4.42 Å². The van der Waals surface area contributed by atoms with Gasteiger partial charge in [0.25, 0.3) is 6.43 Å². The molecule has 0 amide bonds. The summed E-state index contributed by atoms with van der Waals surface area (Å²) < 4.78 is 30.3. The van der Waals surface area contributed by atoms with Crippen LogP contribution < -0.4 is 5.32 Å². The molecule has 0 spiro atoms. The second kappa shape index (κ2) is 5.52. The lowest BCUT2D eigenvalue weighted by Gasteiger charge is -2.07. The van der Waals surface area contributed by atoms with Gasteiger partial charge >= 0.3 is 0 Å².